The van der Waals surface area contributed by atoms with E-state index in [4.69, 9.17) is 11.5 Å². The second kappa shape index (κ2) is 33.9. The number of hydrogen-bond donors (Lipinski definition) is 20. The van der Waals surface area contributed by atoms with Gasteiger partial charge in [0.2, 0.25) is 35.4 Å². The van der Waals surface area contributed by atoms with E-state index in [0.717, 1.165) is 0 Å². The van der Waals surface area contributed by atoms with E-state index < -0.39 is 192 Å². The van der Waals surface area contributed by atoms with Crippen LogP contribution in [0.2, 0.25) is 0 Å². The van der Waals surface area contributed by atoms with Crippen molar-refractivity contribution >= 4 is 71.1 Å². The zero-order valence-electron chi connectivity index (χ0n) is 42.5. The summed E-state index contributed by atoms with van der Waals surface area (Å²) in [6.07, 6.45) is -1.98. The predicted molar refractivity (Wildman–Crippen MR) is 268 cm³/mol. The number of nitrogens with one attached hydrogen (secondary N) is 12. The Balaban J connectivity index is 2.50. The number of carbonyl (C=O) groups excluding carboxylic acids is 8. The molecule has 0 fully saturated rings. The number of carboxylic acid groups (broad SMARTS) is 4. The van der Waals surface area contributed by atoms with Gasteiger partial charge in [0.25, 0.3) is 22.9 Å². The molecule has 36 nitrogen and oxygen atoms in total. The van der Waals surface area contributed by atoms with Crippen LogP contribution >= 0.6 is 0 Å². The second-order valence-electron chi connectivity index (χ2n) is 17.5. The van der Waals surface area contributed by atoms with Crippen LogP contribution < -0.4 is 76.5 Å². The SMILES string of the molecule is NCCCC[C@H](NC(=O)[C@H](CCCC[C@H](NC(=O)[C@H](CC(=O)O)NC(=O)[C@H](CO)NC(=O)c1c[nH]c(=O)[nH]c1=O)C(=O)N[C@@H](CCCCN)C(=O)O)NC(=O)[C@H](CC(=O)O)NC(=O)[C@H](CO)NC(=O)c1c[nH]c(=O)[nH]c1=O)C(=O)O. The molecule has 22 N–H and O–H groups in total. The Hall–Kier alpha value is -9.16. The van der Waals surface area contributed by atoms with Crippen molar-refractivity contribution in [2.75, 3.05) is 26.3 Å². The molecule has 0 aromatic carbocycles. The Morgan fingerprint density at radius 1 is 0.400 bits per heavy atom. The summed E-state index contributed by atoms with van der Waals surface area (Å²) < 4.78 is 0. The summed E-state index contributed by atoms with van der Waals surface area (Å²) in [5.41, 5.74) is 5.14. The van der Waals surface area contributed by atoms with Gasteiger partial charge in [-0.1, -0.05) is 12.8 Å². The molecule has 0 aliphatic carbocycles. The van der Waals surface area contributed by atoms with Gasteiger partial charge in [0.15, 0.2) is 0 Å². The third-order valence-electron chi connectivity index (χ3n) is 11.4. The van der Waals surface area contributed by atoms with Crippen LogP contribution in [0.5, 0.6) is 0 Å². The maximum atomic E-state index is 13.8. The van der Waals surface area contributed by atoms with E-state index in [-0.39, 0.29) is 51.6 Å². The number of unbranched alkanes of at least 4 members (excludes halogenated alkanes) is 3. The van der Waals surface area contributed by atoms with Crippen LogP contribution in [0.3, 0.4) is 0 Å². The number of aliphatic hydroxyl groups is 2. The molecule has 0 aliphatic rings. The van der Waals surface area contributed by atoms with Gasteiger partial charge in [-0.3, -0.25) is 67.5 Å². The number of carbonyl (C=O) groups is 12. The topological polar surface area (TPSA) is 606 Å². The van der Waals surface area contributed by atoms with E-state index in [9.17, 15) is 107 Å². The number of aromatic nitrogens is 4. The van der Waals surface area contributed by atoms with Crippen LogP contribution in [0.4, 0.5) is 0 Å². The molecule has 0 unspecified atom stereocenters. The summed E-state index contributed by atoms with van der Waals surface area (Å²) >= 11 is 0. The zero-order chi connectivity index (χ0) is 60.2. The Bertz CT molecular complexity index is 2610. The van der Waals surface area contributed by atoms with E-state index in [1.54, 1.807) is 9.97 Å². The number of aliphatic hydroxyl groups excluding tert-OH is 2. The lowest BCUT2D eigenvalue weighted by Crippen LogP contribution is -2.59. The van der Waals surface area contributed by atoms with Crippen LogP contribution in [0.25, 0.3) is 0 Å². The van der Waals surface area contributed by atoms with Crippen molar-refractivity contribution in [3.05, 3.63) is 65.2 Å². The van der Waals surface area contributed by atoms with Crippen molar-refractivity contribution in [2.45, 2.75) is 125 Å². The highest BCUT2D eigenvalue weighted by Crippen LogP contribution is 2.12. The number of amides is 8. The first-order valence-corrected chi connectivity index (χ1v) is 24.4. The largest absolute Gasteiger partial charge is 0.481 e. The number of aromatic amines is 4. The van der Waals surface area contributed by atoms with E-state index in [1.807, 2.05) is 31.2 Å². The molecule has 2 aromatic rings. The summed E-state index contributed by atoms with van der Waals surface area (Å²) in [4.78, 5) is 210. The van der Waals surface area contributed by atoms with Crippen molar-refractivity contribution in [3.63, 3.8) is 0 Å². The van der Waals surface area contributed by atoms with E-state index in [2.05, 4.69) is 21.3 Å². The molecule has 8 atom stereocenters. The third-order valence-corrected chi connectivity index (χ3v) is 11.4. The average molecular weight is 1140 g/mol. The van der Waals surface area contributed by atoms with Crippen molar-refractivity contribution < 1.29 is 88.2 Å². The highest BCUT2D eigenvalue weighted by Gasteiger charge is 2.35. The molecule has 8 amide bonds. The molecule has 0 saturated heterocycles. The van der Waals surface area contributed by atoms with Gasteiger partial charge >= 0.3 is 35.3 Å². The Morgan fingerprint density at radius 2 is 0.675 bits per heavy atom. The molecule has 0 bridgehead atoms. The minimum Gasteiger partial charge on any atom is -0.481 e. The minimum atomic E-state index is -2.11. The van der Waals surface area contributed by atoms with Crippen LogP contribution in [-0.2, 0) is 47.9 Å². The predicted octanol–water partition coefficient (Wildman–Crippen LogP) is -8.83. The van der Waals surface area contributed by atoms with E-state index in [1.165, 1.54) is 0 Å². The molecule has 0 radical (unpaired) electrons. The van der Waals surface area contributed by atoms with Crippen LogP contribution in [0, 0.1) is 0 Å². The van der Waals surface area contributed by atoms with Gasteiger partial charge in [0.1, 0.15) is 59.5 Å². The molecule has 36 heteroatoms. The van der Waals surface area contributed by atoms with Gasteiger partial charge in [-0.15, -0.1) is 0 Å². The standard InChI is InChI=1S/C44H64N14O22/c45-11-5-3-9-23(41(75)76)51-35(69)21(49-37(71)25(13-29(61)62)53-39(73)27(17-59)55-31(65)19-15-47-43(79)57-33(19)67)7-1-2-8-22(36(70)52-24(42(77)78)10-4-6-12-46)50-38(72)26(14-30(63)64)54-40(74)28(18-60)56-32(66)20-16-48-44(80)58-34(20)68/h15-16,21-28,59-60H,1-14,17-18,45-46H2,(H,49,71)(H,50,72)(H,51,69)(H,52,70)(H,53,73)(H,54,74)(H,55,65)(H,56,66)(H,61,62)(H,63,64)(H,75,76)(H,77,78)(H2,47,57,67,79)(H2,48,58,68,80)/t21-,22-,23-,24-,25-,26-,27-,28-/m0/s1. The lowest BCUT2D eigenvalue weighted by Gasteiger charge is -2.26. The number of aliphatic carboxylic acids is 4. The Morgan fingerprint density at radius 3 is 0.963 bits per heavy atom. The van der Waals surface area contributed by atoms with Gasteiger partial charge in [0.05, 0.1) is 26.1 Å². The van der Waals surface area contributed by atoms with Crippen LogP contribution in [0.15, 0.2) is 31.6 Å². The first kappa shape index (κ1) is 67.0. The number of H-pyrrole nitrogens is 4. The normalized spacial score (nSPS) is 13.9. The number of carboxylic acids is 4. The first-order valence-electron chi connectivity index (χ1n) is 24.4. The molecule has 80 heavy (non-hydrogen) atoms. The van der Waals surface area contributed by atoms with Crippen molar-refractivity contribution in [2.24, 2.45) is 11.5 Å². The maximum Gasteiger partial charge on any atom is 0.326 e. The van der Waals surface area contributed by atoms with E-state index in [0.29, 0.717) is 25.2 Å². The molecule has 0 aliphatic heterocycles. The smallest absolute Gasteiger partial charge is 0.326 e. The molecule has 0 saturated carbocycles. The molecule has 2 heterocycles. The fourth-order valence-electron chi connectivity index (χ4n) is 7.15. The summed E-state index contributed by atoms with van der Waals surface area (Å²) in [5.74, 6) is -17.1. The van der Waals surface area contributed by atoms with Crippen molar-refractivity contribution in [1.29, 1.82) is 0 Å². The minimum absolute atomic E-state index is 0.149. The maximum absolute atomic E-state index is 13.8. The summed E-state index contributed by atoms with van der Waals surface area (Å²) in [6.45, 7) is -2.12. The molecular formula is C44H64N14O22. The summed E-state index contributed by atoms with van der Waals surface area (Å²) in [7, 11) is 0. The van der Waals surface area contributed by atoms with Crippen LogP contribution in [0.1, 0.15) is 97.8 Å². The second-order valence-corrected chi connectivity index (χ2v) is 17.5. The Labute approximate surface area is 449 Å². The first-order chi connectivity index (χ1) is 37.8. The van der Waals surface area contributed by atoms with Gasteiger partial charge < -0.3 is 94.6 Å². The molecule has 2 rings (SSSR count). The molecule has 442 valence electrons. The van der Waals surface area contributed by atoms with Crippen LogP contribution in [-0.4, -0.2) is 196 Å². The highest BCUT2D eigenvalue weighted by molar-refractivity contribution is 6.00. The number of hydrogen-bond acceptors (Lipinski definition) is 20. The van der Waals surface area contributed by atoms with Gasteiger partial charge in [-0.25, -0.2) is 19.2 Å². The monoisotopic (exact) mass is 1140 g/mol. The average Bonchev–Trinajstić information content (AvgIpc) is 3.38. The molecule has 0 spiro atoms. The van der Waals surface area contributed by atoms with Gasteiger partial charge in [-0.2, -0.15) is 0 Å². The fourth-order valence-corrected chi connectivity index (χ4v) is 7.15. The summed E-state index contributed by atoms with van der Waals surface area (Å²) in [5, 5.41) is 75.7. The molecular weight excluding hydrogens is 1080 g/mol. The van der Waals surface area contributed by atoms with Gasteiger partial charge in [0, 0.05) is 12.4 Å². The highest BCUT2D eigenvalue weighted by atomic mass is 16.4. The van der Waals surface area contributed by atoms with Crippen molar-refractivity contribution in [3.8, 4) is 0 Å². The number of nitrogens with two attached hydrogens (primary N) is 2. The summed E-state index contributed by atoms with van der Waals surface area (Å²) in [6, 6.07) is -15.0. The van der Waals surface area contributed by atoms with Gasteiger partial charge in [-0.05, 0) is 64.5 Å². The third kappa shape index (κ3) is 22.8. The lowest BCUT2D eigenvalue weighted by atomic mass is 10.0. The van der Waals surface area contributed by atoms with Crippen molar-refractivity contribution in [1.82, 2.24) is 62.5 Å². The quantitative estimate of drug-likeness (QED) is 0.0279. The van der Waals surface area contributed by atoms with E-state index >= 15 is 0 Å². The lowest BCUT2D eigenvalue weighted by molar-refractivity contribution is -0.143. The molecule has 2 aromatic heterocycles. The number of rotatable bonds is 37. The Kier molecular flexibility index (Phi) is 28.4. The fraction of sp³-hybridized carbons (Fsp3) is 0.545. The zero-order valence-corrected chi connectivity index (χ0v) is 42.5.